The lowest BCUT2D eigenvalue weighted by Crippen LogP contribution is -2.47. The van der Waals surface area contributed by atoms with E-state index in [1.54, 1.807) is 30.3 Å². The highest BCUT2D eigenvalue weighted by atomic mass is 19.1. The second-order valence-corrected chi connectivity index (χ2v) is 7.34. The predicted molar refractivity (Wildman–Crippen MR) is 114 cm³/mol. The predicted octanol–water partition coefficient (Wildman–Crippen LogP) is 2.00. The van der Waals surface area contributed by atoms with E-state index in [1.807, 2.05) is 12.1 Å². The van der Waals surface area contributed by atoms with Gasteiger partial charge in [-0.05, 0) is 37.2 Å². The maximum Gasteiger partial charge on any atom is 0.275 e. The molecular formula is C22H24FN5O2. The fourth-order valence-corrected chi connectivity index (χ4v) is 3.74. The van der Waals surface area contributed by atoms with Gasteiger partial charge in [0.05, 0.1) is 11.2 Å². The van der Waals surface area contributed by atoms with E-state index < -0.39 is 5.91 Å². The largest absolute Gasteiger partial charge is 0.367 e. The second kappa shape index (κ2) is 9.04. The molecule has 1 aliphatic heterocycles. The number of carbonyl (C=O) groups is 1. The average Bonchev–Trinajstić information content (AvgIpc) is 2.78. The quantitative estimate of drug-likeness (QED) is 0.609. The Morgan fingerprint density at radius 2 is 1.80 bits per heavy atom. The normalized spacial score (nSPS) is 14.8. The van der Waals surface area contributed by atoms with Gasteiger partial charge in [-0.3, -0.25) is 19.6 Å². The molecule has 1 amide bonds. The fraction of sp³-hybridized carbons (Fsp3) is 0.318. The maximum absolute atomic E-state index is 13.9. The van der Waals surface area contributed by atoms with Crippen LogP contribution in [0.15, 0.2) is 53.3 Å². The highest BCUT2D eigenvalue weighted by molar-refractivity contribution is 5.95. The van der Waals surface area contributed by atoms with Gasteiger partial charge in [0, 0.05) is 38.1 Å². The molecule has 0 radical (unpaired) electrons. The summed E-state index contributed by atoms with van der Waals surface area (Å²) < 4.78 is 13.9. The molecule has 30 heavy (non-hydrogen) atoms. The summed E-state index contributed by atoms with van der Waals surface area (Å²) in [7, 11) is 0. The van der Waals surface area contributed by atoms with E-state index in [4.69, 9.17) is 0 Å². The van der Waals surface area contributed by atoms with Crippen LogP contribution < -0.4 is 15.6 Å². The van der Waals surface area contributed by atoms with Gasteiger partial charge in [0.15, 0.2) is 5.69 Å². The van der Waals surface area contributed by atoms with Crippen molar-refractivity contribution in [1.82, 2.24) is 20.4 Å². The van der Waals surface area contributed by atoms with Gasteiger partial charge in [-0.2, -0.15) is 5.10 Å². The Bertz CT molecular complexity index is 1090. The molecule has 1 saturated heterocycles. The number of hydrogen-bond donors (Lipinski definition) is 2. The molecule has 1 aromatic heterocycles. The number of nitrogens with zero attached hydrogens (tertiary/aromatic N) is 3. The van der Waals surface area contributed by atoms with Crippen LogP contribution in [0.3, 0.4) is 0 Å². The lowest BCUT2D eigenvalue weighted by molar-refractivity contribution is 0.0944. The molecule has 8 heteroatoms. The summed E-state index contributed by atoms with van der Waals surface area (Å²) in [5.74, 6) is -0.655. The molecule has 2 aromatic carbocycles. The molecule has 2 N–H and O–H groups in total. The van der Waals surface area contributed by atoms with E-state index in [-0.39, 0.29) is 16.9 Å². The third-order valence-corrected chi connectivity index (χ3v) is 5.39. The summed E-state index contributed by atoms with van der Waals surface area (Å²) >= 11 is 0. The topological polar surface area (TPSA) is 81.3 Å². The number of carbonyl (C=O) groups excluding carboxylic acids is 1. The van der Waals surface area contributed by atoms with E-state index in [0.717, 1.165) is 39.1 Å². The van der Waals surface area contributed by atoms with Crippen LogP contribution in [0, 0.1) is 5.82 Å². The molecule has 4 rings (SSSR count). The Labute approximate surface area is 173 Å². The van der Waals surface area contributed by atoms with E-state index in [0.29, 0.717) is 23.1 Å². The number of halogens is 1. The molecule has 0 spiro atoms. The zero-order valence-electron chi connectivity index (χ0n) is 16.6. The first-order chi connectivity index (χ1) is 14.6. The molecule has 3 aromatic rings. The number of benzene rings is 2. The number of hydrogen-bond acceptors (Lipinski definition) is 5. The number of piperazine rings is 1. The molecule has 0 unspecified atom stereocenters. The van der Waals surface area contributed by atoms with Crippen LogP contribution in [0.1, 0.15) is 16.9 Å². The summed E-state index contributed by atoms with van der Waals surface area (Å²) in [5.41, 5.74) is 0.768. The Kier molecular flexibility index (Phi) is 6.04. The molecule has 1 aliphatic rings. The summed E-state index contributed by atoms with van der Waals surface area (Å²) in [6, 6.07) is 13.8. The number of rotatable bonds is 6. The first-order valence-corrected chi connectivity index (χ1v) is 10.1. The standard InChI is InChI=1S/C22H24FN5O2/c23-17-7-2-4-9-19(17)28-14-12-27(13-15-28)11-5-10-24-22(30)20-21(29)16-6-1-3-8-18(16)25-26-20/h1-4,6-9H,5,10-15H2,(H,24,30)(H,25,29). The van der Waals surface area contributed by atoms with Crippen molar-refractivity contribution in [2.75, 3.05) is 44.2 Å². The van der Waals surface area contributed by atoms with Gasteiger partial charge in [0.25, 0.3) is 5.91 Å². The number of aromatic nitrogens is 2. The van der Waals surface area contributed by atoms with Gasteiger partial charge in [-0.25, -0.2) is 4.39 Å². The third kappa shape index (κ3) is 4.33. The molecular weight excluding hydrogens is 385 g/mol. The van der Waals surface area contributed by atoms with Crippen molar-refractivity contribution >= 4 is 22.5 Å². The van der Waals surface area contributed by atoms with Crippen molar-refractivity contribution in [3.05, 3.63) is 70.3 Å². The molecule has 156 valence electrons. The molecule has 7 nitrogen and oxygen atoms in total. The molecule has 1 fully saturated rings. The van der Waals surface area contributed by atoms with E-state index >= 15 is 0 Å². The van der Waals surface area contributed by atoms with Crippen molar-refractivity contribution in [2.45, 2.75) is 6.42 Å². The van der Waals surface area contributed by atoms with Crippen LogP contribution in [0.5, 0.6) is 0 Å². The summed E-state index contributed by atoms with van der Waals surface area (Å²) in [5, 5.41) is 9.90. The van der Waals surface area contributed by atoms with Crippen LogP contribution in [0.25, 0.3) is 10.9 Å². The van der Waals surface area contributed by atoms with Crippen LogP contribution in [-0.2, 0) is 0 Å². The van der Waals surface area contributed by atoms with Crippen molar-refractivity contribution < 1.29 is 9.18 Å². The monoisotopic (exact) mass is 409 g/mol. The van der Waals surface area contributed by atoms with Crippen LogP contribution in [-0.4, -0.2) is 60.3 Å². The second-order valence-electron chi connectivity index (χ2n) is 7.34. The number of para-hydroxylation sites is 2. The lowest BCUT2D eigenvalue weighted by Gasteiger charge is -2.36. The Morgan fingerprint density at radius 1 is 1.07 bits per heavy atom. The van der Waals surface area contributed by atoms with E-state index in [9.17, 15) is 14.0 Å². The molecule has 0 saturated carbocycles. The van der Waals surface area contributed by atoms with Gasteiger partial charge < -0.3 is 10.2 Å². The minimum absolute atomic E-state index is 0.118. The number of H-pyrrole nitrogens is 1. The summed E-state index contributed by atoms with van der Waals surface area (Å²) in [4.78, 5) is 29.1. The third-order valence-electron chi connectivity index (χ3n) is 5.39. The maximum atomic E-state index is 13.9. The Balaban J connectivity index is 1.23. The number of aromatic amines is 1. The van der Waals surface area contributed by atoms with Crippen molar-refractivity contribution in [2.24, 2.45) is 0 Å². The lowest BCUT2D eigenvalue weighted by atomic mass is 10.2. The first-order valence-electron chi connectivity index (χ1n) is 10.1. The van der Waals surface area contributed by atoms with Gasteiger partial charge >= 0.3 is 0 Å². The fourth-order valence-electron chi connectivity index (χ4n) is 3.74. The first kappa shape index (κ1) is 20.0. The van der Waals surface area contributed by atoms with Crippen LogP contribution in [0.4, 0.5) is 10.1 Å². The van der Waals surface area contributed by atoms with Crippen LogP contribution in [0.2, 0.25) is 0 Å². The Morgan fingerprint density at radius 3 is 2.60 bits per heavy atom. The zero-order chi connectivity index (χ0) is 20.9. The number of nitrogens with one attached hydrogen (secondary N) is 2. The Hall–Kier alpha value is -3.26. The number of anilines is 1. The van der Waals surface area contributed by atoms with Crippen molar-refractivity contribution in [1.29, 1.82) is 0 Å². The van der Waals surface area contributed by atoms with Crippen LogP contribution >= 0.6 is 0 Å². The van der Waals surface area contributed by atoms with Gasteiger partial charge in [-0.15, -0.1) is 0 Å². The summed E-state index contributed by atoms with van der Waals surface area (Å²) in [6.45, 7) is 4.50. The SMILES string of the molecule is O=C(NCCCN1CCN(c2ccccc2F)CC1)c1n[nH]c2ccccc2c1=O. The minimum Gasteiger partial charge on any atom is -0.367 e. The number of amides is 1. The van der Waals surface area contributed by atoms with E-state index in [1.165, 1.54) is 6.07 Å². The smallest absolute Gasteiger partial charge is 0.275 e. The van der Waals surface area contributed by atoms with Gasteiger partial charge in [0.1, 0.15) is 5.82 Å². The highest BCUT2D eigenvalue weighted by Crippen LogP contribution is 2.20. The molecule has 0 atom stereocenters. The van der Waals surface area contributed by atoms with Gasteiger partial charge in [-0.1, -0.05) is 24.3 Å². The van der Waals surface area contributed by atoms with E-state index in [2.05, 4.69) is 25.3 Å². The van der Waals surface area contributed by atoms with Gasteiger partial charge in [0.2, 0.25) is 5.43 Å². The molecule has 0 aliphatic carbocycles. The molecule has 2 heterocycles. The summed E-state index contributed by atoms with van der Waals surface area (Å²) in [6.07, 6.45) is 0.761. The van der Waals surface area contributed by atoms with Crippen molar-refractivity contribution in [3.8, 4) is 0 Å². The van der Waals surface area contributed by atoms with Crippen molar-refractivity contribution in [3.63, 3.8) is 0 Å². The molecule has 0 bridgehead atoms. The highest BCUT2D eigenvalue weighted by Gasteiger charge is 2.19. The minimum atomic E-state index is -0.466. The number of fused-ring (bicyclic) bond motifs is 1. The average molecular weight is 409 g/mol. The zero-order valence-corrected chi connectivity index (χ0v) is 16.6.